The maximum Gasteiger partial charge on any atom is 0.343 e. The van der Waals surface area contributed by atoms with Crippen LogP contribution in [0.5, 0.6) is 11.5 Å². The summed E-state index contributed by atoms with van der Waals surface area (Å²) in [6.07, 6.45) is 5.84. The van der Waals surface area contributed by atoms with Gasteiger partial charge >= 0.3 is 11.9 Å². The smallest absolute Gasteiger partial charge is 0.343 e. The zero-order valence-corrected chi connectivity index (χ0v) is 25.9. The molecule has 4 aromatic rings. The number of hydrogen-bond acceptors (Lipinski definition) is 6. The fourth-order valence-electron chi connectivity index (χ4n) is 5.58. The van der Waals surface area contributed by atoms with E-state index in [1.54, 1.807) is 48.5 Å². The third kappa shape index (κ3) is 9.11. The van der Waals surface area contributed by atoms with Crippen molar-refractivity contribution in [3.8, 4) is 11.5 Å². The highest BCUT2D eigenvalue weighted by Gasteiger charge is 2.22. The Kier molecular flexibility index (Phi) is 11.1. The number of benzene rings is 4. The summed E-state index contributed by atoms with van der Waals surface area (Å²) in [4.78, 5) is 27.2. The molecule has 1 saturated carbocycles. The summed E-state index contributed by atoms with van der Waals surface area (Å²) in [6.45, 7) is 4.87. The molecule has 7 nitrogen and oxygen atoms in total. The highest BCUT2D eigenvalue weighted by Crippen LogP contribution is 2.30. The van der Waals surface area contributed by atoms with Crippen molar-refractivity contribution in [1.82, 2.24) is 0 Å². The lowest BCUT2D eigenvalue weighted by molar-refractivity contribution is -0.138. The molecule has 2 N–H and O–H groups in total. The van der Waals surface area contributed by atoms with Crippen LogP contribution in [0.15, 0.2) is 103 Å². The molecule has 0 heterocycles. The summed E-state index contributed by atoms with van der Waals surface area (Å²) >= 11 is 0. The van der Waals surface area contributed by atoms with E-state index in [-0.39, 0.29) is 5.75 Å². The quantitative estimate of drug-likeness (QED) is 0.0765. The number of aryl methyl sites for hydroxylation is 2. The number of para-hydroxylation sites is 3. The van der Waals surface area contributed by atoms with Crippen molar-refractivity contribution >= 4 is 23.3 Å². The van der Waals surface area contributed by atoms with Gasteiger partial charge in [-0.3, -0.25) is 0 Å². The molecule has 0 spiro atoms. The van der Waals surface area contributed by atoms with E-state index in [0.717, 1.165) is 36.7 Å². The number of anilines is 2. The first kappa shape index (κ1) is 31.6. The number of ether oxygens (including phenoxy) is 2. The number of carbonyl (C=O) groups excluding carboxylic acids is 1. The van der Waals surface area contributed by atoms with E-state index < -0.39 is 18.0 Å². The van der Waals surface area contributed by atoms with Crippen LogP contribution < -0.4 is 19.7 Å². The predicted octanol–water partition coefficient (Wildman–Crippen LogP) is 7.79. The van der Waals surface area contributed by atoms with Crippen LogP contribution in [0.4, 0.5) is 11.4 Å². The van der Waals surface area contributed by atoms with E-state index in [1.165, 1.54) is 30.5 Å². The Morgan fingerprint density at radius 2 is 1.62 bits per heavy atom. The van der Waals surface area contributed by atoms with E-state index in [9.17, 15) is 14.7 Å². The molecular formula is C38H42N2O5. The van der Waals surface area contributed by atoms with E-state index >= 15 is 0 Å². The van der Waals surface area contributed by atoms with Gasteiger partial charge in [0, 0.05) is 18.8 Å². The third-order valence-electron chi connectivity index (χ3n) is 8.37. The van der Waals surface area contributed by atoms with Crippen LogP contribution in [0.3, 0.4) is 0 Å². The second kappa shape index (κ2) is 15.8. The van der Waals surface area contributed by atoms with Crippen LogP contribution >= 0.6 is 0 Å². The molecule has 1 aliphatic rings. The standard InChI is InChI=1S/C38H42N2O5/c1-28-11-5-7-17-35(28)40(27-30-12-9-13-30)25-10-26-44-32-22-19-29(20-23-32)21-24-34(37(41)42)39-33-16-6-8-18-36(33)45-38(43)31-14-3-2-4-15-31/h2-8,11,14-20,22-23,30,34,39H,9-10,12-13,21,24-27H2,1H3,(H,41,42). The van der Waals surface area contributed by atoms with Gasteiger partial charge in [0.2, 0.25) is 0 Å². The lowest BCUT2D eigenvalue weighted by atomic mass is 9.85. The van der Waals surface area contributed by atoms with Gasteiger partial charge in [-0.15, -0.1) is 0 Å². The maximum absolute atomic E-state index is 12.6. The largest absolute Gasteiger partial charge is 0.494 e. The number of rotatable bonds is 16. The fraction of sp³-hybridized carbons (Fsp3) is 0.316. The molecule has 0 amide bonds. The highest BCUT2D eigenvalue weighted by molar-refractivity contribution is 5.92. The molecule has 0 radical (unpaired) electrons. The third-order valence-corrected chi connectivity index (χ3v) is 8.37. The van der Waals surface area contributed by atoms with Crippen molar-refractivity contribution in [3.05, 3.63) is 120 Å². The molecule has 0 saturated heterocycles. The van der Waals surface area contributed by atoms with Crippen LogP contribution in [0, 0.1) is 12.8 Å². The topological polar surface area (TPSA) is 88.1 Å². The number of carboxylic acid groups (broad SMARTS) is 1. The van der Waals surface area contributed by atoms with Crippen LogP contribution in [0.1, 0.15) is 53.6 Å². The van der Waals surface area contributed by atoms with Crippen LogP contribution in [-0.4, -0.2) is 42.8 Å². The number of nitrogens with zero attached hydrogens (tertiary/aromatic N) is 1. The first-order valence-corrected chi connectivity index (χ1v) is 15.8. The maximum atomic E-state index is 12.6. The average Bonchev–Trinajstić information content (AvgIpc) is 3.04. The molecule has 0 aliphatic heterocycles. The molecule has 0 aromatic heterocycles. The summed E-state index contributed by atoms with van der Waals surface area (Å²) in [5, 5.41) is 13.0. The second-order valence-corrected chi connectivity index (χ2v) is 11.7. The first-order valence-electron chi connectivity index (χ1n) is 15.8. The Bertz CT molecular complexity index is 1540. The normalized spacial score (nSPS) is 13.4. The number of esters is 1. The summed E-state index contributed by atoms with van der Waals surface area (Å²) in [5.74, 6) is 0.403. The van der Waals surface area contributed by atoms with Gasteiger partial charge in [0.25, 0.3) is 0 Å². The van der Waals surface area contributed by atoms with Gasteiger partial charge in [0.1, 0.15) is 11.8 Å². The molecule has 0 bridgehead atoms. The summed E-state index contributed by atoms with van der Waals surface area (Å²) in [6, 6.07) is 31.2. The van der Waals surface area contributed by atoms with E-state index in [0.29, 0.717) is 30.7 Å². The van der Waals surface area contributed by atoms with Gasteiger partial charge in [-0.1, -0.05) is 67.1 Å². The Hall–Kier alpha value is -4.78. The Morgan fingerprint density at radius 3 is 2.33 bits per heavy atom. The Balaban J connectivity index is 1.10. The SMILES string of the molecule is Cc1ccccc1N(CCCOc1ccc(CCC(Nc2ccccc2OC(=O)c2ccccc2)C(=O)O)cc1)CC1CCC1. The average molecular weight is 607 g/mol. The zero-order chi connectivity index (χ0) is 31.4. The van der Waals surface area contributed by atoms with Gasteiger partial charge in [0.05, 0.1) is 17.9 Å². The minimum Gasteiger partial charge on any atom is -0.494 e. The summed E-state index contributed by atoms with van der Waals surface area (Å²) in [5.41, 5.74) is 4.52. The van der Waals surface area contributed by atoms with Crippen LogP contribution in [0.2, 0.25) is 0 Å². The number of hydrogen-bond donors (Lipinski definition) is 2. The van der Waals surface area contributed by atoms with Gasteiger partial charge in [-0.2, -0.15) is 0 Å². The molecule has 4 aromatic carbocycles. The van der Waals surface area contributed by atoms with Crippen LogP contribution in [0.25, 0.3) is 0 Å². The summed E-state index contributed by atoms with van der Waals surface area (Å²) < 4.78 is 11.7. The first-order chi connectivity index (χ1) is 22.0. The van der Waals surface area contributed by atoms with Gasteiger partial charge in [-0.25, -0.2) is 9.59 Å². The number of nitrogens with one attached hydrogen (secondary N) is 1. The lowest BCUT2D eigenvalue weighted by Gasteiger charge is -2.34. The molecule has 234 valence electrons. The lowest BCUT2D eigenvalue weighted by Crippen LogP contribution is -2.34. The molecule has 7 heteroatoms. The summed E-state index contributed by atoms with van der Waals surface area (Å²) in [7, 11) is 0. The second-order valence-electron chi connectivity index (χ2n) is 11.7. The van der Waals surface area contributed by atoms with Gasteiger partial charge < -0.3 is 24.8 Å². The Morgan fingerprint density at radius 1 is 0.911 bits per heavy atom. The molecule has 5 rings (SSSR count). The van der Waals surface area contributed by atoms with Crippen molar-refractivity contribution in [1.29, 1.82) is 0 Å². The van der Waals surface area contributed by atoms with Crippen LogP contribution in [-0.2, 0) is 11.2 Å². The fourth-order valence-corrected chi connectivity index (χ4v) is 5.58. The molecule has 1 aliphatic carbocycles. The number of carboxylic acids is 1. The van der Waals surface area contributed by atoms with Gasteiger partial charge in [-0.05, 0) is 98.5 Å². The number of aliphatic carboxylic acids is 1. The van der Waals surface area contributed by atoms with Crippen molar-refractivity contribution in [2.75, 3.05) is 29.9 Å². The van der Waals surface area contributed by atoms with Crippen molar-refractivity contribution < 1.29 is 24.2 Å². The zero-order valence-electron chi connectivity index (χ0n) is 25.9. The monoisotopic (exact) mass is 606 g/mol. The van der Waals surface area contributed by atoms with E-state index in [2.05, 4.69) is 41.4 Å². The van der Waals surface area contributed by atoms with Crippen molar-refractivity contribution in [2.45, 2.75) is 51.5 Å². The van der Waals surface area contributed by atoms with Crippen molar-refractivity contribution in [2.24, 2.45) is 5.92 Å². The van der Waals surface area contributed by atoms with E-state index in [4.69, 9.17) is 9.47 Å². The van der Waals surface area contributed by atoms with Gasteiger partial charge in [0.15, 0.2) is 5.75 Å². The van der Waals surface area contributed by atoms with E-state index in [1.807, 2.05) is 30.3 Å². The molecule has 1 atom stereocenters. The highest BCUT2D eigenvalue weighted by atomic mass is 16.5. The number of carbonyl (C=O) groups is 2. The Labute approximate surface area is 265 Å². The molecule has 1 unspecified atom stereocenters. The minimum absolute atomic E-state index is 0.282. The molecule has 1 fully saturated rings. The molecular weight excluding hydrogens is 564 g/mol. The predicted molar refractivity (Wildman–Crippen MR) is 178 cm³/mol. The van der Waals surface area contributed by atoms with Crippen molar-refractivity contribution in [3.63, 3.8) is 0 Å². The molecule has 45 heavy (non-hydrogen) atoms. The minimum atomic E-state index is -0.976.